The van der Waals surface area contributed by atoms with Gasteiger partial charge in [0.1, 0.15) is 0 Å². The van der Waals surface area contributed by atoms with Crippen LogP contribution in [0.25, 0.3) is 0 Å². The van der Waals surface area contributed by atoms with Crippen molar-refractivity contribution in [3.63, 3.8) is 0 Å². The van der Waals surface area contributed by atoms with E-state index in [9.17, 15) is 18.3 Å². The number of rotatable bonds is 3. The lowest BCUT2D eigenvalue weighted by molar-refractivity contribution is -0.137. The number of hydrogen-bond donors (Lipinski definition) is 1. The van der Waals surface area contributed by atoms with Crippen LogP contribution in [0.5, 0.6) is 0 Å². The molecular weight excluding hydrogens is 297 g/mol. The molecule has 116 valence electrons. The molecule has 2 saturated heterocycles. The third-order valence-electron chi connectivity index (χ3n) is 4.54. The minimum absolute atomic E-state index is 0.504. The van der Waals surface area contributed by atoms with E-state index in [4.69, 9.17) is 0 Å². The van der Waals surface area contributed by atoms with Crippen molar-refractivity contribution in [3.05, 3.63) is 35.4 Å². The zero-order chi connectivity index (χ0) is 15.1. The first-order valence-electron chi connectivity index (χ1n) is 7.38. The fourth-order valence-electron chi connectivity index (χ4n) is 3.50. The molecule has 2 heterocycles. The van der Waals surface area contributed by atoms with Gasteiger partial charge in [-0.1, -0.05) is 18.2 Å². The third-order valence-corrected chi connectivity index (χ3v) is 6.12. The number of aliphatic hydroxyl groups is 1. The average Bonchev–Trinajstić information content (AvgIpc) is 2.76. The molecule has 1 aromatic rings. The van der Waals surface area contributed by atoms with Crippen LogP contribution < -0.4 is 0 Å². The van der Waals surface area contributed by atoms with Crippen molar-refractivity contribution in [1.29, 1.82) is 0 Å². The summed E-state index contributed by atoms with van der Waals surface area (Å²) in [6.07, 6.45) is 0.669. The van der Waals surface area contributed by atoms with Crippen LogP contribution >= 0.6 is 11.8 Å². The maximum Gasteiger partial charge on any atom is 0.416 e. The fourth-order valence-corrected chi connectivity index (χ4v) is 5.40. The lowest BCUT2D eigenvalue weighted by Gasteiger charge is -2.36. The van der Waals surface area contributed by atoms with Gasteiger partial charge in [0, 0.05) is 10.5 Å². The van der Waals surface area contributed by atoms with Gasteiger partial charge in [-0.25, -0.2) is 0 Å². The highest BCUT2D eigenvalue weighted by molar-refractivity contribution is 8.00. The molecule has 5 heteroatoms. The van der Waals surface area contributed by atoms with Crippen LogP contribution in [0.4, 0.5) is 13.2 Å². The Hall–Kier alpha value is -0.680. The van der Waals surface area contributed by atoms with Crippen LogP contribution in [0.1, 0.15) is 43.2 Å². The molecule has 1 aromatic carbocycles. The number of aryl methyl sites for hydroxylation is 1. The number of halogens is 3. The van der Waals surface area contributed by atoms with E-state index in [1.54, 1.807) is 6.07 Å². The fraction of sp³-hybridized carbons (Fsp3) is 0.625. The van der Waals surface area contributed by atoms with Gasteiger partial charge in [0.2, 0.25) is 0 Å². The summed E-state index contributed by atoms with van der Waals surface area (Å²) < 4.78 is 38.1. The van der Waals surface area contributed by atoms with Crippen molar-refractivity contribution in [1.82, 2.24) is 0 Å². The number of fused-ring (bicyclic) bond motifs is 2. The van der Waals surface area contributed by atoms with Crippen molar-refractivity contribution in [2.75, 3.05) is 0 Å². The normalized spacial score (nSPS) is 32.4. The van der Waals surface area contributed by atoms with Crippen LogP contribution in [0.3, 0.4) is 0 Å². The smallest absolute Gasteiger partial charge is 0.390 e. The summed E-state index contributed by atoms with van der Waals surface area (Å²) in [6, 6.07) is 5.46. The van der Waals surface area contributed by atoms with Gasteiger partial charge in [0.05, 0.1) is 11.2 Å². The molecule has 2 fully saturated rings. The van der Waals surface area contributed by atoms with E-state index in [1.807, 2.05) is 11.8 Å². The lowest BCUT2D eigenvalue weighted by atomic mass is 9.87. The molecule has 0 saturated carbocycles. The highest BCUT2D eigenvalue weighted by Crippen LogP contribution is 2.48. The molecule has 2 unspecified atom stereocenters. The summed E-state index contributed by atoms with van der Waals surface area (Å²) in [5, 5.41) is 11.8. The van der Waals surface area contributed by atoms with Gasteiger partial charge in [0.25, 0.3) is 0 Å². The van der Waals surface area contributed by atoms with Gasteiger partial charge in [-0.2, -0.15) is 24.9 Å². The zero-order valence-corrected chi connectivity index (χ0v) is 12.5. The van der Waals surface area contributed by atoms with Crippen LogP contribution in [0.2, 0.25) is 0 Å². The standard InChI is InChI=1S/C16H19F3OS/c17-16(18,19)12-3-1-2-11(8-12)6-7-15(20)9-13-4-5-14(10-15)21-13/h1-3,8,13-14,20H,4-7,9-10H2. The number of benzene rings is 1. The maximum absolute atomic E-state index is 12.7. The predicted molar refractivity (Wildman–Crippen MR) is 78.3 cm³/mol. The third kappa shape index (κ3) is 3.57. The molecule has 0 radical (unpaired) electrons. The predicted octanol–water partition coefficient (Wildman–Crippen LogP) is 4.43. The molecule has 21 heavy (non-hydrogen) atoms. The summed E-state index contributed by atoms with van der Waals surface area (Å²) in [7, 11) is 0. The van der Waals surface area contributed by atoms with Crippen molar-refractivity contribution in [2.24, 2.45) is 0 Å². The summed E-state index contributed by atoms with van der Waals surface area (Å²) in [6.45, 7) is 0. The van der Waals surface area contributed by atoms with E-state index in [0.717, 1.165) is 18.9 Å². The summed E-state index contributed by atoms with van der Waals surface area (Å²) in [4.78, 5) is 0. The van der Waals surface area contributed by atoms with Crippen LogP contribution in [0, 0.1) is 0 Å². The van der Waals surface area contributed by atoms with Gasteiger partial charge in [0.15, 0.2) is 0 Å². The molecule has 0 aromatic heterocycles. The molecule has 2 bridgehead atoms. The number of thioether (sulfide) groups is 1. The Bertz CT molecular complexity index is 502. The molecule has 1 N–H and O–H groups in total. The molecule has 0 spiro atoms. The molecule has 3 rings (SSSR count). The van der Waals surface area contributed by atoms with Crippen LogP contribution in [0.15, 0.2) is 24.3 Å². The van der Waals surface area contributed by atoms with Gasteiger partial charge in [-0.15, -0.1) is 0 Å². The van der Waals surface area contributed by atoms with Crippen molar-refractivity contribution in [2.45, 2.75) is 60.8 Å². The Balaban J connectivity index is 1.65. The van der Waals surface area contributed by atoms with Crippen molar-refractivity contribution >= 4 is 11.8 Å². The van der Waals surface area contributed by atoms with Gasteiger partial charge in [-0.3, -0.25) is 0 Å². The number of alkyl halides is 3. The first kappa shape index (κ1) is 15.2. The van der Waals surface area contributed by atoms with E-state index in [2.05, 4.69) is 0 Å². The molecule has 0 amide bonds. The molecule has 2 atom stereocenters. The Morgan fingerprint density at radius 3 is 2.48 bits per heavy atom. The Morgan fingerprint density at radius 2 is 1.86 bits per heavy atom. The summed E-state index contributed by atoms with van der Waals surface area (Å²) >= 11 is 1.97. The molecule has 2 aliphatic rings. The number of hydrogen-bond acceptors (Lipinski definition) is 2. The average molecular weight is 316 g/mol. The van der Waals surface area contributed by atoms with Gasteiger partial charge < -0.3 is 5.11 Å². The quantitative estimate of drug-likeness (QED) is 0.890. The highest BCUT2D eigenvalue weighted by atomic mass is 32.2. The molecule has 2 aliphatic heterocycles. The first-order valence-corrected chi connectivity index (χ1v) is 8.32. The van der Waals surface area contributed by atoms with E-state index < -0.39 is 17.3 Å². The van der Waals surface area contributed by atoms with Crippen molar-refractivity contribution < 1.29 is 18.3 Å². The van der Waals surface area contributed by atoms with E-state index in [-0.39, 0.29) is 0 Å². The topological polar surface area (TPSA) is 20.2 Å². The van der Waals surface area contributed by atoms with E-state index in [1.165, 1.54) is 25.0 Å². The van der Waals surface area contributed by atoms with Gasteiger partial charge >= 0.3 is 6.18 Å². The molecule has 1 nitrogen and oxygen atoms in total. The lowest BCUT2D eigenvalue weighted by Crippen LogP contribution is -2.37. The minimum Gasteiger partial charge on any atom is -0.390 e. The molecular formula is C16H19F3OS. The van der Waals surface area contributed by atoms with Crippen LogP contribution in [-0.2, 0) is 12.6 Å². The van der Waals surface area contributed by atoms with Gasteiger partial charge in [-0.05, 0) is 50.2 Å². The Kier molecular flexibility index (Phi) is 3.99. The minimum atomic E-state index is -4.30. The highest BCUT2D eigenvalue weighted by Gasteiger charge is 2.42. The second kappa shape index (κ2) is 5.51. The first-order chi connectivity index (χ1) is 9.84. The summed E-state index contributed by atoms with van der Waals surface area (Å²) in [5.41, 5.74) is -0.638. The summed E-state index contributed by atoms with van der Waals surface area (Å²) in [5.74, 6) is 0. The second-order valence-electron chi connectivity index (χ2n) is 6.29. The van der Waals surface area contributed by atoms with E-state index in [0.29, 0.717) is 28.9 Å². The maximum atomic E-state index is 12.7. The Morgan fingerprint density at radius 1 is 1.19 bits per heavy atom. The zero-order valence-electron chi connectivity index (χ0n) is 11.7. The van der Waals surface area contributed by atoms with Crippen molar-refractivity contribution in [3.8, 4) is 0 Å². The second-order valence-corrected chi connectivity index (χ2v) is 7.89. The Labute approximate surface area is 126 Å². The SMILES string of the molecule is OC1(CCc2cccc(C(F)(F)F)c2)CC2CCC(C1)S2. The van der Waals surface area contributed by atoms with Crippen LogP contribution in [-0.4, -0.2) is 21.2 Å². The van der Waals surface area contributed by atoms with E-state index >= 15 is 0 Å². The molecule has 0 aliphatic carbocycles. The monoisotopic (exact) mass is 316 g/mol. The largest absolute Gasteiger partial charge is 0.416 e.